The number of thiophene rings is 1. The van der Waals surface area contributed by atoms with Crippen molar-refractivity contribution in [2.45, 2.75) is 17.7 Å². The summed E-state index contributed by atoms with van der Waals surface area (Å²) in [7, 11) is -3.92. The lowest BCUT2D eigenvalue weighted by atomic mass is 10.3. The molecule has 1 heterocycles. The van der Waals surface area contributed by atoms with E-state index in [0.717, 1.165) is 29.5 Å². The van der Waals surface area contributed by atoms with Gasteiger partial charge in [0.05, 0.1) is 5.69 Å². The zero-order valence-corrected chi connectivity index (χ0v) is 12.8. The molecule has 2 N–H and O–H groups in total. The summed E-state index contributed by atoms with van der Waals surface area (Å²) in [6.45, 7) is 3.26. The van der Waals surface area contributed by atoms with E-state index >= 15 is 0 Å². The van der Waals surface area contributed by atoms with Gasteiger partial charge in [-0.05, 0) is 35.7 Å². The van der Waals surface area contributed by atoms with Gasteiger partial charge >= 0.3 is 0 Å². The molecule has 0 spiro atoms. The van der Waals surface area contributed by atoms with Crippen LogP contribution in [0, 0.1) is 11.6 Å². The van der Waals surface area contributed by atoms with Gasteiger partial charge in [0.25, 0.3) is 10.0 Å². The second kappa shape index (κ2) is 6.50. The van der Waals surface area contributed by atoms with Crippen LogP contribution in [-0.4, -0.2) is 15.0 Å². The molecule has 114 valence electrons. The van der Waals surface area contributed by atoms with E-state index in [2.05, 4.69) is 10.0 Å². The van der Waals surface area contributed by atoms with Gasteiger partial charge < -0.3 is 5.32 Å². The fourth-order valence-corrected chi connectivity index (χ4v) is 3.90. The van der Waals surface area contributed by atoms with Crippen molar-refractivity contribution in [1.29, 1.82) is 0 Å². The lowest BCUT2D eigenvalue weighted by Crippen LogP contribution is -2.13. The first-order chi connectivity index (χ1) is 9.94. The van der Waals surface area contributed by atoms with E-state index in [1.165, 1.54) is 18.2 Å². The molecule has 0 aliphatic rings. The van der Waals surface area contributed by atoms with Crippen molar-refractivity contribution >= 4 is 27.0 Å². The minimum Gasteiger partial charge on any atom is -0.313 e. The average molecular weight is 332 g/mol. The van der Waals surface area contributed by atoms with E-state index in [1.807, 2.05) is 6.92 Å². The van der Waals surface area contributed by atoms with E-state index in [0.29, 0.717) is 6.54 Å². The molecule has 0 aliphatic heterocycles. The highest BCUT2D eigenvalue weighted by Gasteiger charge is 2.19. The van der Waals surface area contributed by atoms with Crippen molar-refractivity contribution in [3.05, 3.63) is 46.8 Å². The number of nitrogens with one attached hydrogen (secondary N) is 2. The molecule has 0 saturated heterocycles. The van der Waals surface area contributed by atoms with Gasteiger partial charge in [-0.25, -0.2) is 17.2 Å². The van der Waals surface area contributed by atoms with Gasteiger partial charge in [0.2, 0.25) is 0 Å². The van der Waals surface area contributed by atoms with Crippen LogP contribution in [0.1, 0.15) is 12.5 Å². The van der Waals surface area contributed by atoms with Crippen molar-refractivity contribution < 1.29 is 17.2 Å². The average Bonchev–Trinajstić information content (AvgIpc) is 2.91. The molecule has 0 bridgehead atoms. The third-order valence-corrected chi connectivity index (χ3v) is 5.52. The third-order valence-electron chi connectivity index (χ3n) is 2.67. The maximum atomic E-state index is 13.5. The molecule has 1 aromatic heterocycles. The Labute approximate surface area is 125 Å². The zero-order valence-electron chi connectivity index (χ0n) is 11.2. The number of sulfonamides is 1. The monoisotopic (exact) mass is 332 g/mol. The van der Waals surface area contributed by atoms with Gasteiger partial charge in [0, 0.05) is 6.54 Å². The lowest BCUT2D eigenvalue weighted by molar-refractivity contribution is 0.511. The van der Waals surface area contributed by atoms with Crippen LogP contribution in [-0.2, 0) is 16.6 Å². The highest BCUT2D eigenvalue weighted by atomic mass is 32.2. The van der Waals surface area contributed by atoms with E-state index < -0.39 is 27.3 Å². The van der Waals surface area contributed by atoms with Crippen molar-refractivity contribution in [2.75, 3.05) is 11.3 Å². The fourth-order valence-electron chi connectivity index (χ4n) is 1.63. The summed E-state index contributed by atoms with van der Waals surface area (Å²) < 4.78 is 53.0. The maximum Gasteiger partial charge on any atom is 0.271 e. The third kappa shape index (κ3) is 3.78. The van der Waals surface area contributed by atoms with Gasteiger partial charge in [0.15, 0.2) is 11.6 Å². The Morgan fingerprint density at radius 1 is 1.29 bits per heavy atom. The predicted molar refractivity (Wildman–Crippen MR) is 78.9 cm³/mol. The second-order valence-electron chi connectivity index (χ2n) is 4.26. The Kier molecular flexibility index (Phi) is 4.92. The first-order valence-corrected chi connectivity index (χ1v) is 8.55. The van der Waals surface area contributed by atoms with Crippen LogP contribution in [0.15, 0.2) is 33.9 Å². The number of anilines is 1. The topological polar surface area (TPSA) is 58.2 Å². The minimum absolute atomic E-state index is 0.0547. The first kappa shape index (κ1) is 15.9. The van der Waals surface area contributed by atoms with E-state index in [9.17, 15) is 17.2 Å². The lowest BCUT2D eigenvalue weighted by Gasteiger charge is -2.07. The largest absolute Gasteiger partial charge is 0.313 e. The van der Waals surface area contributed by atoms with E-state index in [-0.39, 0.29) is 4.21 Å². The SMILES string of the molecule is CCNCc1csc(S(=O)(=O)Nc2cccc(F)c2F)c1. The zero-order chi connectivity index (χ0) is 15.5. The molecule has 0 aliphatic carbocycles. The van der Waals surface area contributed by atoms with Crippen LogP contribution in [0.3, 0.4) is 0 Å². The molecule has 0 amide bonds. The Hall–Kier alpha value is -1.51. The van der Waals surface area contributed by atoms with Crippen molar-refractivity contribution in [2.24, 2.45) is 0 Å². The normalized spacial score (nSPS) is 11.6. The van der Waals surface area contributed by atoms with Crippen LogP contribution in [0.5, 0.6) is 0 Å². The summed E-state index contributed by atoms with van der Waals surface area (Å²) in [5.41, 5.74) is 0.415. The van der Waals surface area contributed by atoms with Crippen molar-refractivity contribution in [3.8, 4) is 0 Å². The van der Waals surface area contributed by atoms with Crippen molar-refractivity contribution in [1.82, 2.24) is 5.32 Å². The Morgan fingerprint density at radius 3 is 2.76 bits per heavy atom. The van der Waals surface area contributed by atoms with Crippen LogP contribution in [0.4, 0.5) is 14.5 Å². The van der Waals surface area contributed by atoms with Crippen LogP contribution < -0.4 is 10.0 Å². The van der Waals surface area contributed by atoms with Crippen molar-refractivity contribution in [3.63, 3.8) is 0 Å². The second-order valence-corrected chi connectivity index (χ2v) is 7.08. The molecule has 2 aromatic rings. The molecule has 0 atom stereocenters. The standard InChI is InChI=1S/C13H14F2N2O2S2/c1-2-16-7-9-6-12(20-8-9)21(18,19)17-11-5-3-4-10(14)13(11)15/h3-6,8,16-17H,2,7H2,1H3. The smallest absolute Gasteiger partial charge is 0.271 e. The molecule has 4 nitrogen and oxygen atoms in total. The Balaban J connectivity index is 2.22. The van der Waals surface area contributed by atoms with Crippen LogP contribution in [0.2, 0.25) is 0 Å². The molecule has 2 rings (SSSR count). The highest BCUT2D eigenvalue weighted by Crippen LogP contribution is 2.25. The minimum atomic E-state index is -3.92. The summed E-state index contributed by atoms with van der Waals surface area (Å²) in [4.78, 5) is 0. The Bertz CT molecular complexity index is 730. The number of hydrogen-bond donors (Lipinski definition) is 2. The van der Waals surface area contributed by atoms with Gasteiger partial charge in [-0.3, -0.25) is 4.72 Å². The van der Waals surface area contributed by atoms with Gasteiger partial charge in [-0.1, -0.05) is 13.0 Å². The summed E-state index contributed by atoms with van der Waals surface area (Å²) in [6, 6.07) is 4.84. The number of benzene rings is 1. The fraction of sp³-hybridized carbons (Fsp3) is 0.231. The number of hydrogen-bond acceptors (Lipinski definition) is 4. The molecular weight excluding hydrogens is 318 g/mol. The van der Waals surface area contributed by atoms with E-state index in [1.54, 1.807) is 5.38 Å². The summed E-state index contributed by atoms with van der Waals surface area (Å²) in [5, 5.41) is 4.78. The quantitative estimate of drug-likeness (QED) is 0.855. The highest BCUT2D eigenvalue weighted by molar-refractivity contribution is 7.94. The van der Waals surface area contributed by atoms with Gasteiger partial charge in [-0.2, -0.15) is 0 Å². The Morgan fingerprint density at radius 2 is 2.05 bits per heavy atom. The van der Waals surface area contributed by atoms with Gasteiger partial charge in [-0.15, -0.1) is 11.3 Å². The van der Waals surface area contributed by atoms with Gasteiger partial charge in [0.1, 0.15) is 4.21 Å². The molecule has 8 heteroatoms. The predicted octanol–water partition coefficient (Wildman–Crippen LogP) is 2.94. The first-order valence-electron chi connectivity index (χ1n) is 6.19. The summed E-state index contributed by atoms with van der Waals surface area (Å²) in [5.74, 6) is -2.32. The maximum absolute atomic E-state index is 13.5. The molecule has 21 heavy (non-hydrogen) atoms. The summed E-state index contributed by atoms with van der Waals surface area (Å²) in [6.07, 6.45) is 0. The summed E-state index contributed by atoms with van der Waals surface area (Å²) >= 11 is 1.03. The van der Waals surface area contributed by atoms with Crippen LogP contribution in [0.25, 0.3) is 0 Å². The van der Waals surface area contributed by atoms with E-state index in [4.69, 9.17) is 0 Å². The number of halogens is 2. The molecule has 0 fully saturated rings. The van der Waals surface area contributed by atoms with Crippen LogP contribution >= 0.6 is 11.3 Å². The molecule has 1 aromatic carbocycles. The molecule has 0 radical (unpaired) electrons. The molecule has 0 unspecified atom stereocenters. The molecule has 0 saturated carbocycles. The molecular formula is C13H14F2N2O2S2. The number of rotatable bonds is 6.